The summed E-state index contributed by atoms with van der Waals surface area (Å²) in [4.78, 5) is 0. The highest BCUT2D eigenvalue weighted by molar-refractivity contribution is 6.14. The summed E-state index contributed by atoms with van der Waals surface area (Å²) in [5, 5.41) is 8.19. The lowest BCUT2D eigenvalue weighted by Gasteiger charge is -2.10. The number of rotatable bonds is 3. The fourth-order valence-corrected chi connectivity index (χ4v) is 4.22. The molecule has 5 rings (SSSR count). The van der Waals surface area contributed by atoms with E-state index in [1.165, 1.54) is 68.3 Å². The molecule has 4 aromatic rings. The minimum absolute atomic E-state index is 1.07. The summed E-state index contributed by atoms with van der Waals surface area (Å²) in [6.07, 6.45) is 9.32. The molecule has 0 aromatic heterocycles. The lowest BCUT2D eigenvalue weighted by Crippen LogP contribution is -1.87. The average Bonchev–Trinajstić information content (AvgIpc) is 3.13. The van der Waals surface area contributed by atoms with Crippen molar-refractivity contribution in [2.75, 3.05) is 0 Å². The van der Waals surface area contributed by atoms with Crippen molar-refractivity contribution < 1.29 is 0 Å². The Labute approximate surface area is 148 Å². The topological polar surface area (TPSA) is 0 Å². The highest BCUT2D eigenvalue weighted by Crippen LogP contribution is 2.35. The van der Waals surface area contributed by atoms with Crippen molar-refractivity contribution in [3.63, 3.8) is 0 Å². The van der Waals surface area contributed by atoms with E-state index in [0.717, 1.165) is 6.42 Å². The lowest BCUT2D eigenvalue weighted by atomic mass is 9.93. The maximum atomic E-state index is 2.40. The normalized spacial score (nSPS) is 13.2. The number of aryl methyl sites for hydroxylation is 1. The molecule has 0 aliphatic heterocycles. The number of fused-ring (bicyclic) bond motifs is 6. The maximum Gasteiger partial charge on any atom is -0.00879 e. The molecule has 0 fully saturated rings. The molecule has 0 N–H and O–H groups in total. The van der Waals surface area contributed by atoms with Gasteiger partial charge in [0.2, 0.25) is 0 Å². The number of hydrogen-bond acceptors (Lipinski definition) is 0. The van der Waals surface area contributed by atoms with Crippen LogP contribution in [0.1, 0.15) is 36.5 Å². The predicted octanol–water partition coefficient (Wildman–Crippen LogP) is 7.06. The van der Waals surface area contributed by atoms with Gasteiger partial charge in [0.1, 0.15) is 0 Å². The molecule has 0 bridgehead atoms. The summed E-state index contributed by atoms with van der Waals surface area (Å²) in [5.74, 6) is 0. The SMILES string of the molecule is CCCCc1ccc2cc3ccc4c5c(ccc4c3cc2c1)CC=C5. The first-order valence-electron chi connectivity index (χ1n) is 9.41. The van der Waals surface area contributed by atoms with E-state index < -0.39 is 0 Å². The zero-order chi connectivity index (χ0) is 16.8. The zero-order valence-corrected chi connectivity index (χ0v) is 14.7. The van der Waals surface area contributed by atoms with Crippen molar-refractivity contribution in [2.24, 2.45) is 0 Å². The van der Waals surface area contributed by atoms with Gasteiger partial charge in [-0.2, -0.15) is 0 Å². The van der Waals surface area contributed by atoms with Gasteiger partial charge in [-0.3, -0.25) is 0 Å². The minimum atomic E-state index is 1.07. The van der Waals surface area contributed by atoms with Gasteiger partial charge in [0.15, 0.2) is 0 Å². The first-order chi connectivity index (χ1) is 12.3. The molecule has 0 saturated carbocycles. The van der Waals surface area contributed by atoms with Crippen LogP contribution in [0.4, 0.5) is 0 Å². The monoisotopic (exact) mass is 322 g/mol. The fraction of sp³-hybridized carbons (Fsp3) is 0.200. The summed E-state index contributed by atoms with van der Waals surface area (Å²) in [6, 6.07) is 20.9. The molecule has 25 heavy (non-hydrogen) atoms. The van der Waals surface area contributed by atoms with E-state index in [2.05, 4.69) is 73.7 Å². The van der Waals surface area contributed by atoms with Gasteiger partial charge in [-0.15, -0.1) is 0 Å². The summed E-state index contributed by atoms with van der Waals surface area (Å²) in [7, 11) is 0. The van der Waals surface area contributed by atoms with Crippen molar-refractivity contribution in [3.8, 4) is 0 Å². The van der Waals surface area contributed by atoms with E-state index in [1.54, 1.807) is 0 Å². The Balaban J connectivity index is 1.77. The van der Waals surface area contributed by atoms with Crippen LogP contribution in [0.3, 0.4) is 0 Å². The molecule has 0 saturated heterocycles. The highest BCUT2D eigenvalue weighted by Gasteiger charge is 2.11. The molecule has 4 aromatic carbocycles. The fourth-order valence-electron chi connectivity index (χ4n) is 4.22. The van der Waals surface area contributed by atoms with E-state index in [1.807, 2.05) is 0 Å². The van der Waals surface area contributed by atoms with Crippen LogP contribution in [-0.2, 0) is 12.8 Å². The third kappa shape index (κ3) is 2.36. The molecular formula is C25H22. The van der Waals surface area contributed by atoms with Gasteiger partial charge in [0.25, 0.3) is 0 Å². The van der Waals surface area contributed by atoms with Gasteiger partial charge in [-0.25, -0.2) is 0 Å². The number of unbranched alkanes of at least 4 members (excludes halogenated alkanes) is 1. The molecule has 122 valence electrons. The Morgan fingerprint density at radius 1 is 0.760 bits per heavy atom. The van der Waals surface area contributed by atoms with Gasteiger partial charge in [0.05, 0.1) is 0 Å². The van der Waals surface area contributed by atoms with Crippen molar-refractivity contribution >= 4 is 38.4 Å². The smallest absolute Gasteiger partial charge is 0.00879 e. The van der Waals surface area contributed by atoms with Crippen LogP contribution in [0.25, 0.3) is 38.4 Å². The number of allylic oxidation sites excluding steroid dienone is 1. The van der Waals surface area contributed by atoms with E-state index in [9.17, 15) is 0 Å². The predicted molar refractivity (Wildman–Crippen MR) is 110 cm³/mol. The van der Waals surface area contributed by atoms with E-state index in [0.29, 0.717) is 0 Å². The molecular weight excluding hydrogens is 300 g/mol. The summed E-state index contributed by atoms with van der Waals surface area (Å²) < 4.78 is 0. The van der Waals surface area contributed by atoms with Crippen LogP contribution in [0.5, 0.6) is 0 Å². The lowest BCUT2D eigenvalue weighted by molar-refractivity contribution is 0.796. The van der Waals surface area contributed by atoms with Crippen molar-refractivity contribution in [3.05, 3.63) is 77.4 Å². The third-order valence-corrected chi connectivity index (χ3v) is 5.61. The van der Waals surface area contributed by atoms with E-state index in [4.69, 9.17) is 0 Å². The van der Waals surface area contributed by atoms with E-state index in [-0.39, 0.29) is 0 Å². The first kappa shape index (κ1) is 14.7. The van der Waals surface area contributed by atoms with Crippen molar-refractivity contribution in [2.45, 2.75) is 32.6 Å². The van der Waals surface area contributed by atoms with Crippen LogP contribution in [0.15, 0.2) is 60.7 Å². The highest BCUT2D eigenvalue weighted by atomic mass is 14.1. The minimum Gasteiger partial charge on any atom is -0.0795 e. The second-order valence-corrected chi connectivity index (χ2v) is 7.26. The third-order valence-electron chi connectivity index (χ3n) is 5.61. The second kappa shape index (κ2) is 5.74. The van der Waals surface area contributed by atoms with Crippen LogP contribution < -0.4 is 0 Å². The Hall–Kier alpha value is -2.60. The number of hydrogen-bond donors (Lipinski definition) is 0. The van der Waals surface area contributed by atoms with Crippen molar-refractivity contribution in [1.82, 2.24) is 0 Å². The van der Waals surface area contributed by atoms with Gasteiger partial charge in [0, 0.05) is 0 Å². The second-order valence-electron chi connectivity index (χ2n) is 7.26. The van der Waals surface area contributed by atoms with Crippen LogP contribution in [0, 0.1) is 0 Å². The number of benzene rings is 4. The Morgan fingerprint density at radius 3 is 2.56 bits per heavy atom. The molecule has 0 spiro atoms. The van der Waals surface area contributed by atoms with Gasteiger partial charge in [-0.1, -0.05) is 68.0 Å². The molecule has 0 heteroatoms. The maximum absolute atomic E-state index is 2.40. The molecule has 0 nitrogen and oxygen atoms in total. The largest absolute Gasteiger partial charge is 0.0795 e. The first-order valence-corrected chi connectivity index (χ1v) is 9.41. The average molecular weight is 322 g/mol. The van der Waals surface area contributed by atoms with Crippen LogP contribution >= 0.6 is 0 Å². The van der Waals surface area contributed by atoms with Crippen LogP contribution in [0.2, 0.25) is 0 Å². The zero-order valence-electron chi connectivity index (χ0n) is 14.7. The van der Waals surface area contributed by atoms with Crippen LogP contribution in [-0.4, -0.2) is 0 Å². The van der Waals surface area contributed by atoms with Gasteiger partial charge >= 0.3 is 0 Å². The molecule has 0 amide bonds. The Kier molecular flexibility index (Phi) is 3.38. The molecule has 1 aliphatic rings. The van der Waals surface area contributed by atoms with Gasteiger partial charge < -0.3 is 0 Å². The summed E-state index contributed by atoms with van der Waals surface area (Å²) >= 11 is 0. The van der Waals surface area contributed by atoms with Gasteiger partial charge in [-0.05, 0) is 80.4 Å². The quantitative estimate of drug-likeness (QED) is 0.280. The molecule has 0 unspecified atom stereocenters. The molecule has 0 atom stereocenters. The standard InChI is InChI=1S/C25H22/c1-2-3-5-17-8-9-19-15-20-11-13-23-22-7-4-6-18(22)10-12-24(23)25(20)16-21(19)14-17/h4,7-16H,2-3,5-6H2,1H3. The Bertz CT molecular complexity index is 1150. The molecule has 0 heterocycles. The van der Waals surface area contributed by atoms with E-state index >= 15 is 0 Å². The molecule has 0 radical (unpaired) electrons. The van der Waals surface area contributed by atoms with Crippen molar-refractivity contribution in [1.29, 1.82) is 0 Å². The molecule has 1 aliphatic carbocycles. The summed E-state index contributed by atoms with van der Waals surface area (Å²) in [6.45, 7) is 2.26. The Morgan fingerprint density at radius 2 is 1.64 bits per heavy atom. The summed E-state index contributed by atoms with van der Waals surface area (Å²) in [5.41, 5.74) is 4.32.